The van der Waals surface area contributed by atoms with E-state index in [0.29, 0.717) is 5.69 Å². The zero-order valence-electron chi connectivity index (χ0n) is 10.7. The molecule has 4 nitrogen and oxygen atoms in total. The number of hydrogen-bond acceptors (Lipinski definition) is 4. The molecule has 0 aliphatic carbocycles. The molecule has 0 saturated heterocycles. The molecular weight excluding hydrogens is 248 g/mol. The maximum Gasteiger partial charge on any atom is 0.356 e. The highest BCUT2D eigenvalue weighted by Gasteiger charge is 2.09. The van der Waals surface area contributed by atoms with Gasteiger partial charge in [0, 0.05) is 12.7 Å². The first-order valence-corrected chi connectivity index (χ1v) is 7.56. The van der Waals surface area contributed by atoms with Crippen molar-refractivity contribution in [1.82, 2.24) is 4.98 Å². The van der Waals surface area contributed by atoms with E-state index in [2.05, 4.69) is 16.6 Å². The van der Waals surface area contributed by atoms with Crippen LogP contribution in [0.4, 0.5) is 5.69 Å². The molecule has 5 heteroatoms. The zero-order valence-corrected chi connectivity index (χ0v) is 11.5. The molecule has 0 saturated carbocycles. The highest BCUT2D eigenvalue weighted by atomic mass is 32.2. The summed E-state index contributed by atoms with van der Waals surface area (Å²) in [5.74, 6) is 0.234. The Balaban J connectivity index is 2.25. The molecule has 0 aliphatic rings. The fourth-order valence-corrected chi connectivity index (χ4v) is 2.16. The molecule has 0 aromatic carbocycles. The lowest BCUT2D eigenvalue weighted by Crippen LogP contribution is -2.09. The van der Waals surface area contributed by atoms with E-state index in [4.69, 9.17) is 5.11 Å². The van der Waals surface area contributed by atoms with Gasteiger partial charge >= 0.3 is 5.97 Å². The van der Waals surface area contributed by atoms with E-state index in [0.717, 1.165) is 13.0 Å². The number of pyridine rings is 1. The van der Waals surface area contributed by atoms with Crippen molar-refractivity contribution in [2.75, 3.05) is 23.9 Å². The number of aromatic nitrogens is 1. The molecule has 0 spiro atoms. The summed E-state index contributed by atoms with van der Waals surface area (Å²) in [5.41, 5.74) is 0.703. The van der Waals surface area contributed by atoms with Gasteiger partial charge in [-0.05, 0) is 37.0 Å². The van der Waals surface area contributed by atoms with E-state index < -0.39 is 5.97 Å². The number of nitrogens with one attached hydrogen (secondary N) is 1. The Bertz CT molecular complexity index is 372. The minimum Gasteiger partial charge on any atom is -0.476 e. The fraction of sp³-hybridized carbons (Fsp3) is 0.538. The Morgan fingerprint density at radius 1 is 1.39 bits per heavy atom. The van der Waals surface area contributed by atoms with Crippen LogP contribution in [0.5, 0.6) is 0 Å². The first kappa shape index (κ1) is 14.8. The van der Waals surface area contributed by atoms with Crippen molar-refractivity contribution in [3.05, 3.63) is 24.0 Å². The SMILES string of the molecule is CSCCCCCCNc1cccnc1C(=O)O. The summed E-state index contributed by atoms with van der Waals surface area (Å²) in [6, 6.07) is 3.50. The van der Waals surface area contributed by atoms with E-state index in [1.54, 1.807) is 12.1 Å². The average molecular weight is 268 g/mol. The molecule has 1 rings (SSSR count). The number of aromatic carboxylic acids is 1. The van der Waals surface area contributed by atoms with Crippen LogP contribution in [0.1, 0.15) is 36.2 Å². The molecule has 100 valence electrons. The molecule has 0 atom stereocenters. The van der Waals surface area contributed by atoms with E-state index in [1.807, 2.05) is 11.8 Å². The number of carbonyl (C=O) groups is 1. The van der Waals surface area contributed by atoms with Gasteiger partial charge in [0.1, 0.15) is 0 Å². The largest absolute Gasteiger partial charge is 0.476 e. The number of carboxylic acid groups (broad SMARTS) is 1. The highest BCUT2D eigenvalue weighted by molar-refractivity contribution is 7.98. The van der Waals surface area contributed by atoms with Crippen LogP contribution >= 0.6 is 11.8 Å². The van der Waals surface area contributed by atoms with Gasteiger partial charge in [-0.25, -0.2) is 9.78 Å². The van der Waals surface area contributed by atoms with Crippen LogP contribution in [0, 0.1) is 0 Å². The molecule has 0 amide bonds. The molecule has 1 aromatic heterocycles. The normalized spacial score (nSPS) is 10.3. The number of hydrogen-bond donors (Lipinski definition) is 2. The standard InChI is InChI=1S/C13H20N2O2S/c1-18-10-5-3-2-4-8-14-11-7-6-9-15-12(11)13(16)17/h6-7,9,14H,2-5,8,10H2,1H3,(H,16,17). The van der Waals surface area contributed by atoms with E-state index in [1.165, 1.54) is 31.2 Å². The van der Waals surface area contributed by atoms with Gasteiger partial charge in [0.25, 0.3) is 0 Å². The van der Waals surface area contributed by atoms with Crippen LogP contribution in [0.2, 0.25) is 0 Å². The quantitative estimate of drug-likeness (QED) is 0.674. The van der Waals surface area contributed by atoms with Gasteiger partial charge in [-0.15, -0.1) is 0 Å². The summed E-state index contributed by atoms with van der Waals surface area (Å²) in [6.45, 7) is 0.797. The first-order valence-electron chi connectivity index (χ1n) is 6.17. The molecule has 0 unspecified atom stereocenters. The molecule has 1 heterocycles. The molecular formula is C13H20N2O2S. The van der Waals surface area contributed by atoms with Gasteiger partial charge in [0.05, 0.1) is 5.69 Å². The summed E-state index contributed by atoms with van der Waals surface area (Å²) in [5, 5.41) is 12.1. The summed E-state index contributed by atoms with van der Waals surface area (Å²) < 4.78 is 0. The predicted octanol–water partition coefficient (Wildman–Crippen LogP) is 3.12. The number of thioether (sulfide) groups is 1. The lowest BCUT2D eigenvalue weighted by atomic mass is 10.2. The second-order valence-electron chi connectivity index (χ2n) is 4.04. The van der Waals surface area contributed by atoms with Crippen molar-refractivity contribution in [3.8, 4) is 0 Å². The number of anilines is 1. The van der Waals surface area contributed by atoms with Gasteiger partial charge < -0.3 is 10.4 Å². The van der Waals surface area contributed by atoms with E-state index in [9.17, 15) is 4.79 Å². The lowest BCUT2D eigenvalue weighted by Gasteiger charge is -2.08. The van der Waals surface area contributed by atoms with Crippen LogP contribution < -0.4 is 5.32 Å². The predicted molar refractivity (Wildman–Crippen MR) is 76.5 cm³/mol. The maximum absolute atomic E-state index is 10.9. The lowest BCUT2D eigenvalue weighted by molar-refractivity contribution is 0.0691. The van der Waals surface area contributed by atoms with Crippen molar-refractivity contribution in [1.29, 1.82) is 0 Å². The van der Waals surface area contributed by atoms with Crippen molar-refractivity contribution in [2.24, 2.45) is 0 Å². The second kappa shape index (κ2) is 8.80. The Morgan fingerprint density at radius 2 is 2.17 bits per heavy atom. The third-order valence-electron chi connectivity index (χ3n) is 2.60. The minimum absolute atomic E-state index is 0.0971. The van der Waals surface area contributed by atoms with Crippen molar-refractivity contribution < 1.29 is 9.90 Å². The molecule has 0 fully saturated rings. The number of carboxylic acids is 1. The molecule has 2 N–H and O–H groups in total. The summed E-state index contributed by atoms with van der Waals surface area (Å²) >= 11 is 1.88. The Morgan fingerprint density at radius 3 is 2.89 bits per heavy atom. The van der Waals surface area contributed by atoms with Crippen LogP contribution in [-0.2, 0) is 0 Å². The Labute approximate surface area is 112 Å². The molecule has 18 heavy (non-hydrogen) atoms. The summed E-state index contributed by atoms with van der Waals surface area (Å²) in [7, 11) is 0. The Kier molecular flexibility index (Phi) is 7.25. The number of rotatable bonds is 9. The summed E-state index contributed by atoms with van der Waals surface area (Å²) in [4.78, 5) is 14.8. The minimum atomic E-state index is -0.988. The second-order valence-corrected chi connectivity index (χ2v) is 5.02. The molecule has 0 bridgehead atoms. The maximum atomic E-state index is 10.9. The third kappa shape index (κ3) is 5.40. The van der Waals surface area contributed by atoms with Crippen LogP contribution in [-0.4, -0.2) is 34.6 Å². The molecule has 0 radical (unpaired) electrons. The average Bonchev–Trinajstić information content (AvgIpc) is 2.38. The first-order chi connectivity index (χ1) is 8.75. The molecule has 1 aromatic rings. The zero-order chi connectivity index (χ0) is 13.2. The van der Waals surface area contributed by atoms with Crippen LogP contribution in [0.3, 0.4) is 0 Å². The van der Waals surface area contributed by atoms with Crippen LogP contribution in [0.25, 0.3) is 0 Å². The van der Waals surface area contributed by atoms with Gasteiger partial charge in [0.15, 0.2) is 5.69 Å². The van der Waals surface area contributed by atoms with Gasteiger partial charge in [-0.3, -0.25) is 0 Å². The van der Waals surface area contributed by atoms with Crippen molar-refractivity contribution in [3.63, 3.8) is 0 Å². The van der Waals surface area contributed by atoms with Crippen molar-refractivity contribution >= 4 is 23.4 Å². The van der Waals surface area contributed by atoms with E-state index in [-0.39, 0.29) is 5.69 Å². The third-order valence-corrected chi connectivity index (χ3v) is 3.30. The van der Waals surface area contributed by atoms with Crippen molar-refractivity contribution in [2.45, 2.75) is 25.7 Å². The summed E-state index contributed by atoms with van der Waals surface area (Å²) in [6.07, 6.45) is 8.35. The topological polar surface area (TPSA) is 62.2 Å². The van der Waals surface area contributed by atoms with E-state index >= 15 is 0 Å². The van der Waals surface area contributed by atoms with Gasteiger partial charge in [-0.1, -0.05) is 12.8 Å². The molecule has 0 aliphatic heterocycles. The number of unbranched alkanes of at least 4 members (excludes halogenated alkanes) is 3. The smallest absolute Gasteiger partial charge is 0.356 e. The van der Waals surface area contributed by atoms with Gasteiger partial charge in [-0.2, -0.15) is 11.8 Å². The monoisotopic (exact) mass is 268 g/mol. The van der Waals surface area contributed by atoms with Crippen LogP contribution in [0.15, 0.2) is 18.3 Å². The number of nitrogens with zero attached hydrogens (tertiary/aromatic N) is 1. The van der Waals surface area contributed by atoms with Gasteiger partial charge in [0.2, 0.25) is 0 Å². The fourth-order valence-electron chi connectivity index (χ4n) is 1.67. The Hall–Kier alpha value is -1.23. The highest BCUT2D eigenvalue weighted by Crippen LogP contribution is 2.12.